The number of amides is 3. The molecular weight excluding hydrogens is 602 g/mol. The van der Waals surface area contributed by atoms with E-state index in [1.54, 1.807) is 6.34 Å². The molecular formula is C25H43N9O9S. The normalized spacial score (nSPS) is 20.7. The lowest BCUT2D eigenvalue weighted by Crippen LogP contribution is -2.56. The first kappa shape index (κ1) is 34.9. The predicted octanol–water partition coefficient (Wildman–Crippen LogP) is -2.56. The molecule has 2 heterocycles. The zero-order valence-electron chi connectivity index (χ0n) is 24.6. The van der Waals surface area contributed by atoms with E-state index >= 15 is 0 Å². The van der Waals surface area contributed by atoms with E-state index < -0.39 is 52.8 Å². The molecule has 0 spiro atoms. The molecule has 0 radical (unpaired) electrons. The van der Waals surface area contributed by atoms with Crippen molar-refractivity contribution in [2.24, 2.45) is 22.0 Å². The fraction of sp³-hybridized carbons (Fsp3) is 0.760. The minimum atomic E-state index is -4.14. The minimum absolute atomic E-state index is 0.00904. The van der Waals surface area contributed by atoms with Crippen LogP contribution in [0.1, 0.15) is 44.9 Å². The Kier molecular flexibility index (Phi) is 13.6. The van der Waals surface area contributed by atoms with Crippen molar-refractivity contribution in [2.75, 3.05) is 59.0 Å². The Morgan fingerprint density at radius 2 is 1.82 bits per heavy atom. The highest BCUT2D eigenvalue weighted by molar-refractivity contribution is 7.87. The number of hydrogen-bond acceptors (Lipinski definition) is 11. The van der Waals surface area contributed by atoms with Crippen molar-refractivity contribution in [2.45, 2.75) is 57.0 Å². The number of likely N-dealkylation sites (tertiary alicyclic amines) is 1. The summed E-state index contributed by atoms with van der Waals surface area (Å²) in [4.78, 5) is 53.4. The first-order valence-corrected chi connectivity index (χ1v) is 16.1. The van der Waals surface area contributed by atoms with Crippen molar-refractivity contribution in [3.05, 3.63) is 0 Å². The number of carboxylic acid groups (broad SMARTS) is 1. The van der Waals surface area contributed by atoms with E-state index in [0.717, 1.165) is 19.4 Å². The summed E-state index contributed by atoms with van der Waals surface area (Å²) in [7, 11) is -4.14. The molecule has 248 valence electrons. The maximum Gasteiger partial charge on any atom is 0.303 e. The van der Waals surface area contributed by atoms with Gasteiger partial charge in [-0.15, -0.1) is 0 Å². The lowest BCUT2D eigenvalue weighted by molar-refractivity contribution is -0.137. The summed E-state index contributed by atoms with van der Waals surface area (Å²) in [5.41, 5.74) is -0.374. The number of carbonyl (C=O) groups is 4. The van der Waals surface area contributed by atoms with E-state index in [4.69, 9.17) is 20.9 Å². The molecule has 3 fully saturated rings. The molecule has 0 aromatic rings. The van der Waals surface area contributed by atoms with Crippen LogP contribution in [0.2, 0.25) is 0 Å². The SMILES string of the molecule is NN=CN1CCC[C@@H](CNC(=O)C[C@H](NS(=O)(=O)N2CCOCC2)C(=O)N(CCNC(=O)/C(CCC(=O)O)=N\O)C2CC2)C1. The molecule has 3 aliphatic rings. The van der Waals surface area contributed by atoms with Crippen LogP contribution in [0.5, 0.6) is 0 Å². The maximum atomic E-state index is 13.8. The van der Waals surface area contributed by atoms with Crippen molar-refractivity contribution in [3.63, 3.8) is 0 Å². The van der Waals surface area contributed by atoms with Gasteiger partial charge in [0, 0.05) is 58.3 Å². The maximum absolute atomic E-state index is 13.8. The minimum Gasteiger partial charge on any atom is -0.481 e. The lowest BCUT2D eigenvalue weighted by Gasteiger charge is -2.32. The molecule has 7 N–H and O–H groups in total. The number of piperidine rings is 1. The molecule has 2 atom stereocenters. The average molecular weight is 646 g/mol. The van der Waals surface area contributed by atoms with Gasteiger partial charge in [-0.05, 0) is 31.6 Å². The van der Waals surface area contributed by atoms with Crippen molar-refractivity contribution in [1.82, 2.24) is 29.5 Å². The van der Waals surface area contributed by atoms with Gasteiger partial charge in [0.2, 0.25) is 11.8 Å². The van der Waals surface area contributed by atoms with Crippen LogP contribution in [0.15, 0.2) is 10.3 Å². The number of carbonyl (C=O) groups excluding carboxylic acids is 3. The third-order valence-corrected chi connectivity index (χ3v) is 9.15. The first-order chi connectivity index (χ1) is 21.0. The zero-order chi connectivity index (χ0) is 32.1. The van der Waals surface area contributed by atoms with Crippen LogP contribution in [0.4, 0.5) is 0 Å². The molecule has 0 aromatic carbocycles. The second-order valence-corrected chi connectivity index (χ2v) is 12.6. The lowest BCUT2D eigenvalue weighted by atomic mass is 9.98. The number of hydrazone groups is 1. The van der Waals surface area contributed by atoms with E-state index in [1.807, 2.05) is 4.90 Å². The third kappa shape index (κ3) is 11.2. The Balaban J connectivity index is 1.66. The smallest absolute Gasteiger partial charge is 0.303 e. The van der Waals surface area contributed by atoms with Crippen LogP contribution in [-0.2, 0) is 34.1 Å². The van der Waals surface area contributed by atoms with Gasteiger partial charge in [-0.25, -0.2) is 0 Å². The summed E-state index contributed by atoms with van der Waals surface area (Å²) in [6.07, 6.45) is 3.52. The highest BCUT2D eigenvalue weighted by Crippen LogP contribution is 2.27. The number of oxime groups is 1. The number of nitrogens with zero attached hydrogens (tertiary/aromatic N) is 5. The molecule has 0 unspecified atom stereocenters. The monoisotopic (exact) mass is 645 g/mol. The Morgan fingerprint density at radius 3 is 2.45 bits per heavy atom. The predicted molar refractivity (Wildman–Crippen MR) is 157 cm³/mol. The zero-order valence-corrected chi connectivity index (χ0v) is 25.4. The van der Waals surface area contributed by atoms with Crippen LogP contribution in [0, 0.1) is 5.92 Å². The summed E-state index contributed by atoms with van der Waals surface area (Å²) >= 11 is 0. The van der Waals surface area contributed by atoms with Gasteiger partial charge in [-0.3, -0.25) is 19.2 Å². The van der Waals surface area contributed by atoms with Gasteiger partial charge in [-0.1, -0.05) is 5.16 Å². The standard InChI is InChI=1S/C25H43N9O9S/c26-29-17-32-8-1-2-18(16-32)15-28-22(35)14-21(31-44(41,42)33-10-12-43-13-11-33)25(39)34(19-3-4-19)9-7-27-24(38)20(30-40)5-6-23(36)37/h17-19,21,31,40H,1-16,26H2,(H,27,38)(H,28,35)(H,36,37)/b29-17?,30-20-/t18-,21-/m0/s1. The first-order valence-electron chi connectivity index (χ1n) is 14.6. The van der Waals surface area contributed by atoms with Crippen LogP contribution in [0.25, 0.3) is 0 Å². The molecule has 2 aliphatic heterocycles. The van der Waals surface area contributed by atoms with Gasteiger partial charge in [0.05, 0.1) is 26.1 Å². The van der Waals surface area contributed by atoms with E-state index in [2.05, 4.69) is 25.6 Å². The Bertz CT molecular complexity index is 1170. The number of hydrogen-bond donors (Lipinski definition) is 6. The fourth-order valence-electron chi connectivity index (χ4n) is 5.08. The molecule has 3 amide bonds. The van der Waals surface area contributed by atoms with E-state index in [9.17, 15) is 27.6 Å². The molecule has 1 aliphatic carbocycles. The van der Waals surface area contributed by atoms with Crippen molar-refractivity contribution >= 4 is 46.0 Å². The molecule has 0 aromatic heterocycles. The highest BCUT2D eigenvalue weighted by Gasteiger charge is 2.39. The molecule has 0 bridgehead atoms. The largest absolute Gasteiger partial charge is 0.481 e. The van der Waals surface area contributed by atoms with Crippen LogP contribution in [0.3, 0.4) is 0 Å². The molecule has 44 heavy (non-hydrogen) atoms. The van der Waals surface area contributed by atoms with Gasteiger partial charge >= 0.3 is 5.97 Å². The van der Waals surface area contributed by atoms with Gasteiger partial charge in [-0.2, -0.15) is 22.5 Å². The summed E-state index contributed by atoms with van der Waals surface area (Å²) in [6.45, 7) is 2.30. The number of carboxylic acids is 1. The number of morpholine rings is 1. The second kappa shape index (κ2) is 17.1. The number of nitrogens with one attached hydrogen (secondary N) is 3. The number of nitrogens with two attached hydrogens (primary N) is 1. The van der Waals surface area contributed by atoms with E-state index in [0.29, 0.717) is 25.9 Å². The van der Waals surface area contributed by atoms with Gasteiger partial charge < -0.3 is 41.3 Å². The second-order valence-electron chi connectivity index (χ2n) is 10.9. The quantitative estimate of drug-likeness (QED) is 0.0316. The topological polar surface area (TPSA) is 249 Å². The van der Waals surface area contributed by atoms with Crippen LogP contribution < -0.4 is 21.2 Å². The van der Waals surface area contributed by atoms with Crippen LogP contribution in [-0.4, -0.2) is 140 Å². The van der Waals surface area contributed by atoms with Gasteiger partial charge in [0.1, 0.15) is 18.1 Å². The average Bonchev–Trinajstić information content (AvgIpc) is 3.84. The molecule has 1 saturated carbocycles. The molecule has 2 saturated heterocycles. The van der Waals surface area contributed by atoms with Gasteiger partial charge in [0.25, 0.3) is 16.1 Å². The highest BCUT2D eigenvalue weighted by atomic mass is 32.2. The summed E-state index contributed by atoms with van der Waals surface area (Å²) in [6, 6.07) is -1.61. The van der Waals surface area contributed by atoms with Crippen molar-refractivity contribution < 1.29 is 42.6 Å². The molecule has 18 nitrogen and oxygen atoms in total. The third-order valence-electron chi connectivity index (χ3n) is 7.52. The van der Waals surface area contributed by atoms with E-state index in [1.165, 1.54) is 9.21 Å². The van der Waals surface area contributed by atoms with Gasteiger partial charge in [0.15, 0.2) is 0 Å². The Labute approximate surface area is 256 Å². The Morgan fingerprint density at radius 1 is 1.09 bits per heavy atom. The summed E-state index contributed by atoms with van der Waals surface area (Å²) < 4.78 is 35.2. The number of ether oxygens (including phenoxy) is 1. The molecule has 3 rings (SSSR count). The Hall–Kier alpha value is -3.55. The fourth-order valence-corrected chi connectivity index (χ4v) is 6.41. The summed E-state index contributed by atoms with van der Waals surface area (Å²) in [5.74, 6) is 2.31. The molecule has 19 heteroatoms. The van der Waals surface area contributed by atoms with Crippen LogP contribution >= 0.6 is 0 Å². The van der Waals surface area contributed by atoms with Crippen molar-refractivity contribution in [3.8, 4) is 0 Å². The van der Waals surface area contributed by atoms with Crippen molar-refractivity contribution in [1.29, 1.82) is 0 Å². The number of rotatable bonds is 17. The summed E-state index contributed by atoms with van der Waals surface area (Å²) in [5, 5.41) is 29.6. The van der Waals surface area contributed by atoms with E-state index in [-0.39, 0.29) is 63.5 Å². The number of aliphatic carboxylic acids is 1.